The lowest BCUT2D eigenvalue weighted by atomic mass is 10.0. The minimum absolute atomic E-state index is 0.00233. The second-order valence-electron chi connectivity index (χ2n) is 6.31. The molecule has 1 aliphatic rings. The molecule has 1 N–H and O–H groups in total. The van der Waals surface area contributed by atoms with Gasteiger partial charge < -0.3 is 10.2 Å². The first-order chi connectivity index (χ1) is 12.1. The highest BCUT2D eigenvalue weighted by molar-refractivity contribution is 6.30. The van der Waals surface area contributed by atoms with Gasteiger partial charge in [-0.1, -0.05) is 35.9 Å². The van der Waals surface area contributed by atoms with Gasteiger partial charge in [-0.15, -0.1) is 0 Å². The second kappa shape index (κ2) is 7.70. The van der Waals surface area contributed by atoms with Crippen molar-refractivity contribution in [3.05, 3.63) is 64.7 Å². The Kier molecular flexibility index (Phi) is 5.39. The number of carbonyl (C=O) groups excluding carboxylic acids is 2. The molecule has 0 bridgehead atoms. The van der Waals surface area contributed by atoms with Crippen molar-refractivity contribution < 1.29 is 9.59 Å². The third kappa shape index (κ3) is 4.20. The van der Waals surface area contributed by atoms with Crippen LogP contribution in [0, 0.1) is 5.92 Å². The van der Waals surface area contributed by atoms with Gasteiger partial charge in [-0.2, -0.15) is 0 Å². The Morgan fingerprint density at radius 2 is 1.64 bits per heavy atom. The second-order valence-corrected chi connectivity index (χ2v) is 6.75. The molecule has 2 amide bonds. The van der Waals surface area contributed by atoms with Crippen molar-refractivity contribution in [3.63, 3.8) is 0 Å². The Balaban J connectivity index is 1.61. The minimum atomic E-state index is -0.262. The molecule has 2 aromatic carbocycles. The minimum Gasteiger partial charge on any atom is -0.359 e. The molecule has 1 fully saturated rings. The highest BCUT2D eigenvalue weighted by atomic mass is 35.5. The van der Waals surface area contributed by atoms with E-state index in [1.807, 2.05) is 48.5 Å². The van der Waals surface area contributed by atoms with E-state index in [4.69, 9.17) is 11.6 Å². The van der Waals surface area contributed by atoms with Crippen LogP contribution in [0.1, 0.15) is 17.5 Å². The van der Waals surface area contributed by atoms with Crippen LogP contribution in [-0.2, 0) is 22.4 Å². The van der Waals surface area contributed by atoms with Crippen molar-refractivity contribution in [3.8, 4) is 0 Å². The zero-order valence-corrected chi connectivity index (χ0v) is 14.9. The van der Waals surface area contributed by atoms with Gasteiger partial charge in [0.25, 0.3) is 0 Å². The van der Waals surface area contributed by atoms with Crippen LogP contribution in [-0.4, -0.2) is 25.4 Å². The highest BCUT2D eigenvalue weighted by Crippen LogP contribution is 2.25. The molecule has 0 unspecified atom stereocenters. The van der Waals surface area contributed by atoms with Gasteiger partial charge in [0.15, 0.2) is 0 Å². The first kappa shape index (κ1) is 17.5. The van der Waals surface area contributed by atoms with E-state index in [1.54, 1.807) is 11.9 Å². The van der Waals surface area contributed by atoms with Gasteiger partial charge in [-0.3, -0.25) is 9.59 Å². The number of amides is 2. The summed E-state index contributed by atoms with van der Waals surface area (Å²) >= 11 is 5.90. The van der Waals surface area contributed by atoms with E-state index in [1.165, 1.54) is 11.1 Å². The van der Waals surface area contributed by atoms with Gasteiger partial charge in [0.2, 0.25) is 11.8 Å². The Morgan fingerprint density at radius 1 is 1.08 bits per heavy atom. The summed E-state index contributed by atoms with van der Waals surface area (Å²) in [6, 6.07) is 15.9. The van der Waals surface area contributed by atoms with Crippen LogP contribution in [0.25, 0.3) is 0 Å². The quantitative estimate of drug-likeness (QED) is 0.894. The molecule has 4 nitrogen and oxygen atoms in total. The van der Waals surface area contributed by atoms with Crippen LogP contribution < -0.4 is 10.2 Å². The zero-order valence-electron chi connectivity index (χ0n) is 14.2. The normalized spacial score (nSPS) is 17.0. The van der Waals surface area contributed by atoms with Crippen LogP contribution >= 0.6 is 11.6 Å². The zero-order chi connectivity index (χ0) is 17.8. The number of nitrogens with one attached hydrogen (secondary N) is 1. The number of halogens is 1. The van der Waals surface area contributed by atoms with E-state index in [0.717, 1.165) is 23.6 Å². The molecular formula is C20H21ClN2O2. The molecule has 1 heterocycles. The average Bonchev–Trinajstić information content (AvgIpc) is 3.03. The molecule has 0 aliphatic carbocycles. The summed E-state index contributed by atoms with van der Waals surface area (Å²) in [5, 5.41) is 3.37. The summed E-state index contributed by atoms with van der Waals surface area (Å²) in [6.45, 7) is 0.447. The third-order valence-electron chi connectivity index (χ3n) is 4.61. The maximum atomic E-state index is 12.2. The SMILES string of the molecule is CNC(=O)[C@H]1CC(=O)N(c2ccc(CCc3ccc(Cl)cc3)cc2)C1. The molecule has 2 aromatic rings. The van der Waals surface area contributed by atoms with E-state index in [2.05, 4.69) is 5.32 Å². The van der Waals surface area contributed by atoms with Crippen molar-refractivity contribution in [1.29, 1.82) is 0 Å². The van der Waals surface area contributed by atoms with E-state index < -0.39 is 0 Å². The predicted molar refractivity (Wildman–Crippen MR) is 99.8 cm³/mol. The van der Waals surface area contributed by atoms with E-state index >= 15 is 0 Å². The van der Waals surface area contributed by atoms with Crippen LogP contribution in [0.3, 0.4) is 0 Å². The number of aryl methyl sites for hydroxylation is 2. The first-order valence-corrected chi connectivity index (χ1v) is 8.80. The molecule has 1 aliphatic heterocycles. The van der Waals surface area contributed by atoms with Crippen molar-refractivity contribution in [2.75, 3.05) is 18.5 Å². The van der Waals surface area contributed by atoms with Crippen LogP contribution in [0.4, 0.5) is 5.69 Å². The molecule has 130 valence electrons. The Bertz CT molecular complexity index is 756. The molecule has 0 radical (unpaired) electrons. The van der Waals surface area contributed by atoms with Crippen molar-refractivity contribution >= 4 is 29.1 Å². The Hall–Kier alpha value is -2.33. The number of hydrogen-bond acceptors (Lipinski definition) is 2. The fraction of sp³-hybridized carbons (Fsp3) is 0.300. The molecule has 0 spiro atoms. The van der Waals surface area contributed by atoms with Gasteiger partial charge >= 0.3 is 0 Å². The highest BCUT2D eigenvalue weighted by Gasteiger charge is 2.34. The third-order valence-corrected chi connectivity index (χ3v) is 4.86. The predicted octanol–water partition coefficient (Wildman–Crippen LogP) is 3.22. The van der Waals surface area contributed by atoms with Gasteiger partial charge in [-0.05, 0) is 48.2 Å². The number of hydrogen-bond donors (Lipinski definition) is 1. The molecule has 5 heteroatoms. The lowest BCUT2D eigenvalue weighted by Crippen LogP contribution is -2.30. The molecule has 25 heavy (non-hydrogen) atoms. The van der Waals surface area contributed by atoms with Crippen molar-refractivity contribution in [2.24, 2.45) is 5.92 Å². The number of anilines is 1. The van der Waals surface area contributed by atoms with Gasteiger partial charge in [-0.25, -0.2) is 0 Å². The molecule has 1 saturated heterocycles. The first-order valence-electron chi connectivity index (χ1n) is 8.42. The topological polar surface area (TPSA) is 49.4 Å². The van der Waals surface area contributed by atoms with Gasteiger partial charge in [0.1, 0.15) is 0 Å². The number of nitrogens with zero attached hydrogens (tertiary/aromatic N) is 1. The monoisotopic (exact) mass is 356 g/mol. The standard InChI is InChI=1S/C20H21ClN2O2/c1-22-20(25)16-12-19(24)23(13-16)18-10-6-15(7-11-18)3-2-14-4-8-17(21)9-5-14/h4-11,16H,2-3,12-13H2,1H3,(H,22,25)/t16-/m0/s1. The van der Waals surface area contributed by atoms with Gasteiger partial charge in [0, 0.05) is 30.7 Å². The smallest absolute Gasteiger partial charge is 0.227 e. The fourth-order valence-corrected chi connectivity index (χ4v) is 3.25. The van der Waals surface area contributed by atoms with Crippen molar-refractivity contribution in [2.45, 2.75) is 19.3 Å². The maximum absolute atomic E-state index is 12.2. The largest absolute Gasteiger partial charge is 0.359 e. The van der Waals surface area contributed by atoms with E-state index in [-0.39, 0.29) is 24.2 Å². The molecule has 0 saturated carbocycles. The Labute approximate surface area is 152 Å². The lowest BCUT2D eigenvalue weighted by molar-refractivity contribution is -0.125. The van der Waals surface area contributed by atoms with E-state index in [9.17, 15) is 9.59 Å². The summed E-state index contributed by atoms with van der Waals surface area (Å²) in [5.74, 6) is -0.333. The number of benzene rings is 2. The van der Waals surface area contributed by atoms with E-state index in [0.29, 0.717) is 6.54 Å². The fourth-order valence-electron chi connectivity index (χ4n) is 3.12. The lowest BCUT2D eigenvalue weighted by Gasteiger charge is -2.17. The Morgan fingerprint density at radius 3 is 2.20 bits per heavy atom. The summed E-state index contributed by atoms with van der Waals surface area (Å²) < 4.78 is 0. The summed E-state index contributed by atoms with van der Waals surface area (Å²) in [4.78, 5) is 25.6. The molecular weight excluding hydrogens is 336 g/mol. The number of rotatable bonds is 5. The van der Waals surface area contributed by atoms with Gasteiger partial charge in [0.05, 0.1) is 5.92 Å². The van der Waals surface area contributed by atoms with Crippen LogP contribution in [0.15, 0.2) is 48.5 Å². The average molecular weight is 357 g/mol. The van der Waals surface area contributed by atoms with Crippen molar-refractivity contribution in [1.82, 2.24) is 5.32 Å². The summed E-state index contributed by atoms with van der Waals surface area (Å²) in [7, 11) is 1.60. The summed E-state index contributed by atoms with van der Waals surface area (Å²) in [6.07, 6.45) is 2.15. The molecule has 1 atom stereocenters. The maximum Gasteiger partial charge on any atom is 0.227 e. The molecule has 0 aromatic heterocycles. The summed E-state index contributed by atoms with van der Waals surface area (Å²) in [5.41, 5.74) is 3.32. The van der Waals surface area contributed by atoms with Crippen LogP contribution in [0.5, 0.6) is 0 Å². The number of carbonyl (C=O) groups is 2. The van der Waals surface area contributed by atoms with Crippen LogP contribution in [0.2, 0.25) is 5.02 Å². The molecule has 3 rings (SSSR count).